The van der Waals surface area contributed by atoms with E-state index in [1.165, 1.54) is 12.3 Å². The van der Waals surface area contributed by atoms with Crippen LogP contribution in [-0.2, 0) is 19.3 Å². The summed E-state index contributed by atoms with van der Waals surface area (Å²) in [5.41, 5.74) is 2.88. The zero-order valence-corrected chi connectivity index (χ0v) is 21.0. The highest BCUT2D eigenvalue weighted by molar-refractivity contribution is 7.10. The molecule has 38 heavy (non-hydrogen) atoms. The maximum atomic E-state index is 14.1. The van der Waals surface area contributed by atoms with Gasteiger partial charge in [-0.1, -0.05) is 12.1 Å². The Morgan fingerprint density at radius 3 is 2.63 bits per heavy atom. The highest BCUT2D eigenvalue weighted by atomic mass is 32.1. The summed E-state index contributed by atoms with van der Waals surface area (Å²) in [5.74, 6) is -0.205. The number of fused-ring (bicyclic) bond motifs is 1. The van der Waals surface area contributed by atoms with Gasteiger partial charge < -0.3 is 9.30 Å². The van der Waals surface area contributed by atoms with E-state index < -0.39 is 23.1 Å². The van der Waals surface area contributed by atoms with E-state index >= 15 is 0 Å². The number of hydrogen-bond donors (Lipinski definition) is 0. The van der Waals surface area contributed by atoms with Crippen LogP contribution < -0.4 is 10.3 Å². The van der Waals surface area contributed by atoms with Gasteiger partial charge in [0.05, 0.1) is 29.6 Å². The van der Waals surface area contributed by atoms with Gasteiger partial charge in [-0.2, -0.15) is 13.2 Å². The number of para-hydroxylation sites is 1. The standard InChI is InChI=1S/C27H20F4N4O2S/c1-15-9-20(24-16(2)38-14-33-24)19-5-3-7-23(25(19)34-15)37-13-17-10-18(28)11-32-22(17)12-35-8-4-6-21(26(35)36)27(29,30)31/h3-11,14H,12-13H2,1-2H3. The Morgan fingerprint density at radius 2 is 1.89 bits per heavy atom. The van der Waals surface area contributed by atoms with E-state index in [4.69, 9.17) is 4.74 Å². The molecule has 0 fully saturated rings. The van der Waals surface area contributed by atoms with Gasteiger partial charge in [0.2, 0.25) is 0 Å². The molecule has 6 nitrogen and oxygen atoms in total. The fraction of sp³-hybridized carbons (Fsp3) is 0.185. The van der Waals surface area contributed by atoms with Crippen LogP contribution >= 0.6 is 11.3 Å². The lowest BCUT2D eigenvalue weighted by Crippen LogP contribution is -2.28. The molecule has 4 heterocycles. The van der Waals surface area contributed by atoms with Gasteiger partial charge in [0.1, 0.15) is 29.3 Å². The lowest BCUT2D eigenvalue weighted by molar-refractivity contribution is -0.138. The first-order valence-corrected chi connectivity index (χ1v) is 12.3. The Morgan fingerprint density at radius 1 is 1.08 bits per heavy atom. The van der Waals surface area contributed by atoms with Crippen molar-refractivity contribution in [2.45, 2.75) is 33.2 Å². The number of rotatable bonds is 6. The minimum atomic E-state index is -4.79. The Labute approximate surface area is 218 Å². The molecule has 0 aliphatic heterocycles. The zero-order chi connectivity index (χ0) is 27.0. The molecule has 0 bridgehead atoms. The zero-order valence-electron chi connectivity index (χ0n) is 20.2. The number of aromatic nitrogens is 4. The SMILES string of the molecule is Cc1cc(-c2ncsc2C)c2cccc(OCc3cc(F)cnc3Cn3cccc(C(F)(F)F)c3=O)c2n1. The third-order valence-electron chi connectivity index (χ3n) is 5.99. The molecule has 0 amide bonds. The largest absolute Gasteiger partial charge is 0.487 e. The minimum absolute atomic E-state index is 0.145. The lowest BCUT2D eigenvalue weighted by Gasteiger charge is -2.15. The number of thiazole rings is 1. The fourth-order valence-corrected chi connectivity index (χ4v) is 4.79. The molecule has 0 radical (unpaired) electrons. The van der Waals surface area contributed by atoms with Crippen molar-refractivity contribution < 1.29 is 22.3 Å². The van der Waals surface area contributed by atoms with Gasteiger partial charge in [-0.3, -0.25) is 9.78 Å². The van der Waals surface area contributed by atoms with Crippen LogP contribution in [0.2, 0.25) is 0 Å². The van der Waals surface area contributed by atoms with Crippen molar-refractivity contribution in [2.75, 3.05) is 0 Å². The molecular formula is C27H20F4N4O2S. The van der Waals surface area contributed by atoms with Gasteiger partial charge in [-0.25, -0.2) is 14.4 Å². The molecule has 0 aliphatic rings. The number of nitrogens with zero attached hydrogens (tertiary/aromatic N) is 4. The van der Waals surface area contributed by atoms with Gasteiger partial charge in [0.15, 0.2) is 0 Å². The highest BCUT2D eigenvalue weighted by Crippen LogP contribution is 2.35. The summed E-state index contributed by atoms with van der Waals surface area (Å²) in [6.07, 6.45) is -2.62. The van der Waals surface area contributed by atoms with Gasteiger partial charge in [-0.15, -0.1) is 11.3 Å². The summed E-state index contributed by atoms with van der Waals surface area (Å²) in [7, 11) is 0. The number of ether oxygens (including phenoxy) is 1. The van der Waals surface area contributed by atoms with E-state index in [0.29, 0.717) is 11.3 Å². The van der Waals surface area contributed by atoms with Crippen LogP contribution in [0.15, 0.2) is 65.2 Å². The Hall–Kier alpha value is -4.12. The molecule has 0 spiro atoms. The molecule has 4 aromatic heterocycles. The number of hydrogen-bond acceptors (Lipinski definition) is 6. The van der Waals surface area contributed by atoms with Crippen LogP contribution in [0.1, 0.15) is 27.4 Å². The van der Waals surface area contributed by atoms with Crippen LogP contribution in [0.3, 0.4) is 0 Å². The number of alkyl halides is 3. The smallest absolute Gasteiger partial charge is 0.421 e. The third-order valence-corrected chi connectivity index (χ3v) is 6.74. The van der Waals surface area contributed by atoms with E-state index in [9.17, 15) is 22.4 Å². The van der Waals surface area contributed by atoms with Crippen molar-refractivity contribution in [1.82, 2.24) is 19.5 Å². The maximum Gasteiger partial charge on any atom is 0.421 e. The quantitative estimate of drug-likeness (QED) is 0.236. The molecular weight excluding hydrogens is 520 g/mol. The average Bonchev–Trinajstić information content (AvgIpc) is 3.29. The van der Waals surface area contributed by atoms with Crippen LogP contribution in [0.4, 0.5) is 17.6 Å². The van der Waals surface area contributed by atoms with E-state index in [1.807, 2.05) is 32.0 Å². The summed E-state index contributed by atoms with van der Waals surface area (Å²) in [6.45, 7) is 3.42. The van der Waals surface area contributed by atoms with Gasteiger partial charge in [0.25, 0.3) is 5.56 Å². The number of aryl methyl sites for hydroxylation is 2. The fourth-order valence-electron chi connectivity index (χ4n) is 4.20. The van der Waals surface area contributed by atoms with Gasteiger partial charge in [-0.05, 0) is 44.2 Å². The molecule has 0 saturated carbocycles. The summed E-state index contributed by atoms with van der Waals surface area (Å²) >= 11 is 1.54. The molecule has 1 aromatic carbocycles. The van der Waals surface area contributed by atoms with Crippen LogP contribution in [0, 0.1) is 19.7 Å². The lowest BCUT2D eigenvalue weighted by atomic mass is 10.0. The molecule has 0 unspecified atom stereocenters. The summed E-state index contributed by atoms with van der Waals surface area (Å²) in [5, 5.41) is 0.829. The van der Waals surface area contributed by atoms with Gasteiger partial charge >= 0.3 is 6.18 Å². The molecule has 0 atom stereocenters. The molecule has 0 N–H and O–H groups in total. The number of benzene rings is 1. The predicted molar refractivity (Wildman–Crippen MR) is 136 cm³/mol. The normalized spacial score (nSPS) is 11.7. The van der Waals surface area contributed by atoms with E-state index in [2.05, 4.69) is 15.0 Å². The second kappa shape index (κ2) is 9.97. The molecule has 5 aromatic rings. The van der Waals surface area contributed by atoms with Crippen molar-refractivity contribution in [3.63, 3.8) is 0 Å². The molecule has 194 valence electrons. The minimum Gasteiger partial charge on any atom is -0.487 e. The monoisotopic (exact) mass is 540 g/mol. The number of pyridine rings is 3. The summed E-state index contributed by atoms with van der Waals surface area (Å²) in [6, 6.07) is 10.5. The molecule has 5 rings (SSSR count). The van der Waals surface area contributed by atoms with E-state index in [-0.39, 0.29) is 24.4 Å². The molecule has 11 heteroatoms. The summed E-state index contributed by atoms with van der Waals surface area (Å²) in [4.78, 5) is 26.6. The van der Waals surface area contributed by atoms with Gasteiger partial charge in [0, 0.05) is 33.3 Å². The van der Waals surface area contributed by atoms with Crippen molar-refractivity contribution >= 4 is 22.2 Å². The van der Waals surface area contributed by atoms with E-state index in [1.54, 1.807) is 22.9 Å². The second-order valence-electron chi connectivity index (χ2n) is 8.62. The van der Waals surface area contributed by atoms with Crippen molar-refractivity contribution in [3.05, 3.63) is 104 Å². The topological polar surface area (TPSA) is 69.9 Å². The number of halogens is 4. The highest BCUT2D eigenvalue weighted by Gasteiger charge is 2.34. The Kier molecular flexibility index (Phi) is 6.70. The van der Waals surface area contributed by atoms with Crippen LogP contribution in [0.5, 0.6) is 5.75 Å². The predicted octanol–water partition coefficient (Wildman–Crippen LogP) is 6.32. The Balaban J connectivity index is 1.49. The van der Waals surface area contributed by atoms with Crippen LogP contribution in [-0.4, -0.2) is 19.5 Å². The maximum absolute atomic E-state index is 14.1. The third kappa shape index (κ3) is 5.01. The van der Waals surface area contributed by atoms with E-state index in [0.717, 1.165) is 50.1 Å². The Bertz CT molecular complexity index is 1710. The first-order chi connectivity index (χ1) is 18.1. The first kappa shape index (κ1) is 25.5. The van der Waals surface area contributed by atoms with Crippen molar-refractivity contribution in [1.29, 1.82) is 0 Å². The van der Waals surface area contributed by atoms with Crippen molar-refractivity contribution in [2.24, 2.45) is 0 Å². The average molecular weight is 541 g/mol. The summed E-state index contributed by atoms with van der Waals surface area (Å²) < 4.78 is 60.6. The van der Waals surface area contributed by atoms with Crippen LogP contribution in [0.25, 0.3) is 22.2 Å². The molecule has 0 saturated heterocycles. The second-order valence-corrected chi connectivity index (χ2v) is 9.68. The first-order valence-electron chi connectivity index (χ1n) is 11.5. The van der Waals surface area contributed by atoms with Crippen molar-refractivity contribution in [3.8, 4) is 17.0 Å². The molecule has 0 aliphatic carbocycles.